The summed E-state index contributed by atoms with van der Waals surface area (Å²) >= 11 is 0. The normalized spacial score (nSPS) is 14.0. The van der Waals surface area contributed by atoms with E-state index in [1.165, 1.54) is 0 Å². The molecular formula is C16H20N2O. The Balaban J connectivity index is 1.80. The second kappa shape index (κ2) is 7.02. The van der Waals surface area contributed by atoms with Crippen molar-refractivity contribution in [1.82, 2.24) is 10.3 Å². The molecule has 3 heteroatoms. The number of benzene rings is 1. The maximum Gasteiger partial charge on any atom is 0.0940 e. The number of rotatable bonds is 6. The molecule has 0 spiro atoms. The lowest BCUT2D eigenvalue weighted by Gasteiger charge is -2.20. The van der Waals surface area contributed by atoms with E-state index in [0.717, 1.165) is 24.2 Å². The van der Waals surface area contributed by atoms with Crippen molar-refractivity contribution in [2.75, 3.05) is 6.54 Å². The average molecular weight is 256 g/mol. The molecule has 2 aromatic rings. The van der Waals surface area contributed by atoms with Crippen molar-refractivity contribution in [1.29, 1.82) is 0 Å². The molecule has 2 N–H and O–H groups in total. The molecule has 19 heavy (non-hydrogen) atoms. The van der Waals surface area contributed by atoms with Crippen LogP contribution in [-0.4, -0.2) is 22.7 Å². The van der Waals surface area contributed by atoms with E-state index in [1.807, 2.05) is 55.5 Å². The average Bonchev–Trinajstić information content (AvgIpc) is 2.48. The van der Waals surface area contributed by atoms with Crippen LogP contribution in [0.15, 0.2) is 54.7 Å². The zero-order valence-electron chi connectivity index (χ0n) is 11.2. The van der Waals surface area contributed by atoms with Gasteiger partial charge in [0.1, 0.15) is 0 Å². The van der Waals surface area contributed by atoms with Gasteiger partial charge in [0.15, 0.2) is 0 Å². The maximum absolute atomic E-state index is 10.2. The molecule has 0 radical (unpaired) electrons. The Kier molecular flexibility index (Phi) is 5.07. The first-order chi connectivity index (χ1) is 9.27. The molecule has 0 amide bonds. The van der Waals surface area contributed by atoms with Gasteiger partial charge in [0.2, 0.25) is 0 Å². The summed E-state index contributed by atoms with van der Waals surface area (Å²) in [6.45, 7) is 2.80. The number of aliphatic hydroxyl groups is 1. The first-order valence-corrected chi connectivity index (χ1v) is 6.63. The molecule has 3 nitrogen and oxygen atoms in total. The monoisotopic (exact) mass is 256 g/mol. The van der Waals surface area contributed by atoms with Crippen molar-refractivity contribution in [2.45, 2.75) is 25.5 Å². The van der Waals surface area contributed by atoms with Gasteiger partial charge >= 0.3 is 0 Å². The zero-order chi connectivity index (χ0) is 13.5. The number of hydrogen-bond donors (Lipinski definition) is 2. The molecule has 0 aliphatic carbocycles. The molecule has 0 fully saturated rings. The molecule has 1 aromatic heterocycles. The second-order valence-electron chi connectivity index (χ2n) is 4.67. The van der Waals surface area contributed by atoms with E-state index in [4.69, 9.17) is 0 Å². The SMILES string of the molecule is CC(NCCc1ccccn1)C(O)c1ccccc1. The number of aliphatic hydroxyl groups excluding tert-OH is 1. The number of aromatic nitrogens is 1. The highest BCUT2D eigenvalue weighted by molar-refractivity contribution is 5.18. The molecule has 100 valence electrons. The Morgan fingerprint density at radius 2 is 1.84 bits per heavy atom. The number of hydrogen-bond acceptors (Lipinski definition) is 3. The van der Waals surface area contributed by atoms with Crippen LogP contribution in [0.2, 0.25) is 0 Å². The van der Waals surface area contributed by atoms with E-state index < -0.39 is 6.10 Å². The van der Waals surface area contributed by atoms with E-state index in [-0.39, 0.29) is 6.04 Å². The summed E-state index contributed by atoms with van der Waals surface area (Å²) in [5.74, 6) is 0. The fraction of sp³-hybridized carbons (Fsp3) is 0.312. The highest BCUT2D eigenvalue weighted by atomic mass is 16.3. The third-order valence-electron chi connectivity index (χ3n) is 3.19. The van der Waals surface area contributed by atoms with Gasteiger partial charge in [-0.15, -0.1) is 0 Å². The third kappa shape index (κ3) is 4.16. The van der Waals surface area contributed by atoms with Crippen LogP contribution in [0.5, 0.6) is 0 Å². The Labute approximate surface area is 114 Å². The summed E-state index contributed by atoms with van der Waals surface area (Å²) in [5.41, 5.74) is 2.01. The van der Waals surface area contributed by atoms with Crippen LogP contribution in [0.1, 0.15) is 24.3 Å². The molecule has 0 saturated heterocycles. The van der Waals surface area contributed by atoms with Crippen molar-refractivity contribution in [3.05, 3.63) is 66.0 Å². The molecule has 2 unspecified atom stereocenters. The van der Waals surface area contributed by atoms with Crippen LogP contribution in [0.25, 0.3) is 0 Å². The summed E-state index contributed by atoms with van der Waals surface area (Å²) in [7, 11) is 0. The fourth-order valence-corrected chi connectivity index (χ4v) is 2.02. The summed E-state index contributed by atoms with van der Waals surface area (Å²) in [6.07, 6.45) is 2.19. The highest BCUT2D eigenvalue weighted by Crippen LogP contribution is 2.15. The standard InChI is InChI=1S/C16H20N2O/c1-13(16(19)14-7-3-2-4-8-14)17-12-10-15-9-5-6-11-18-15/h2-9,11,13,16-17,19H,10,12H2,1H3. The predicted octanol–water partition coefficient (Wildman–Crippen LogP) is 2.34. The molecular weight excluding hydrogens is 236 g/mol. The molecule has 1 heterocycles. The minimum Gasteiger partial charge on any atom is -0.387 e. The number of nitrogens with zero attached hydrogens (tertiary/aromatic N) is 1. The van der Waals surface area contributed by atoms with Gasteiger partial charge in [-0.3, -0.25) is 4.98 Å². The van der Waals surface area contributed by atoms with Gasteiger partial charge < -0.3 is 10.4 Å². The third-order valence-corrected chi connectivity index (χ3v) is 3.19. The fourth-order valence-electron chi connectivity index (χ4n) is 2.02. The second-order valence-corrected chi connectivity index (χ2v) is 4.67. The Morgan fingerprint density at radius 1 is 1.11 bits per heavy atom. The van der Waals surface area contributed by atoms with Crippen LogP contribution < -0.4 is 5.32 Å². The molecule has 1 aromatic carbocycles. The predicted molar refractivity (Wildman–Crippen MR) is 76.8 cm³/mol. The topological polar surface area (TPSA) is 45.2 Å². The Morgan fingerprint density at radius 3 is 2.53 bits per heavy atom. The smallest absolute Gasteiger partial charge is 0.0940 e. The number of pyridine rings is 1. The van der Waals surface area contributed by atoms with Crippen LogP contribution in [0.3, 0.4) is 0 Å². The van der Waals surface area contributed by atoms with E-state index in [2.05, 4.69) is 10.3 Å². The van der Waals surface area contributed by atoms with Crippen LogP contribution in [0.4, 0.5) is 0 Å². The van der Waals surface area contributed by atoms with Crippen LogP contribution in [-0.2, 0) is 6.42 Å². The quantitative estimate of drug-likeness (QED) is 0.834. The lowest BCUT2D eigenvalue weighted by molar-refractivity contribution is 0.136. The summed E-state index contributed by atoms with van der Waals surface area (Å²) in [4.78, 5) is 4.28. The lowest BCUT2D eigenvalue weighted by atomic mass is 10.0. The van der Waals surface area contributed by atoms with E-state index in [9.17, 15) is 5.11 Å². The minimum absolute atomic E-state index is 0.0195. The van der Waals surface area contributed by atoms with Crippen LogP contribution >= 0.6 is 0 Å². The van der Waals surface area contributed by atoms with Crippen molar-refractivity contribution < 1.29 is 5.11 Å². The summed E-state index contributed by atoms with van der Waals surface area (Å²) in [5, 5.41) is 13.5. The van der Waals surface area contributed by atoms with Gasteiger partial charge in [-0.2, -0.15) is 0 Å². The van der Waals surface area contributed by atoms with Gasteiger partial charge in [0.05, 0.1) is 6.10 Å². The number of nitrogens with one attached hydrogen (secondary N) is 1. The largest absolute Gasteiger partial charge is 0.387 e. The molecule has 0 aliphatic heterocycles. The molecule has 2 rings (SSSR count). The maximum atomic E-state index is 10.2. The van der Waals surface area contributed by atoms with Crippen LogP contribution in [0, 0.1) is 0 Å². The van der Waals surface area contributed by atoms with E-state index >= 15 is 0 Å². The van der Waals surface area contributed by atoms with Gasteiger partial charge in [-0.25, -0.2) is 0 Å². The van der Waals surface area contributed by atoms with E-state index in [0.29, 0.717) is 0 Å². The summed E-state index contributed by atoms with van der Waals surface area (Å²) < 4.78 is 0. The Hall–Kier alpha value is -1.71. The van der Waals surface area contributed by atoms with Crippen molar-refractivity contribution in [2.24, 2.45) is 0 Å². The minimum atomic E-state index is -0.482. The first-order valence-electron chi connectivity index (χ1n) is 6.63. The van der Waals surface area contributed by atoms with Gasteiger partial charge in [0, 0.05) is 30.9 Å². The molecule has 0 aliphatic rings. The van der Waals surface area contributed by atoms with Crippen molar-refractivity contribution in [3.8, 4) is 0 Å². The van der Waals surface area contributed by atoms with Gasteiger partial charge in [-0.05, 0) is 24.6 Å². The van der Waals surface area contributed by atoms with Gasteiger partial charge in [0.25, 0.3) is 0 Å². The lowest BCUT2D eigenvalue weighted by Crippen LogP contribution is -2.33. The van der Waals surface area contributed by atoms with E-state index in [1.54, 1.807) is 6.20 Å². The Bertz CT molecular complexity index is 473. The molecule has 0 saturated carbocycles. The summed E-state index contributed by atoms with van der Waals surface area (Å²) in [6, 6.07) is 15.7. The van der Waals surface area contributed by atoms with Gasteiger partial charge in [-0.1, -0.05) is 36.4 Å². The molecule has 2 atom stereocenters. The van der Waals surface area contributed by atoms with Crippen molar-refractivity contribution >= 4 is 0 Å². The van der Waals surface area contributed by atoms with Crippen molar-refractivity contribution in [3.63, 3.8) is 0 Å². The highest BCUT2D eigenvalue weighted by Gasteiger charge is 2.14. The first kappa shape index (κ1) is 13.7. The zero-order valence-corrected chi connectivity index (χ0v) is 11.2. The molecule has 0 bridgehead atoms.